The number of carbonyl (C=O) groups is 1. The summed E-state index contributed by atoms with van der Waals surface area (Å²) in [4.78, 5) is 22.7. The summed E-state index contributed by atoms with van der Waals surface area (Å²) in [7, 11) is 0. The molecule has 0 aliphatic carbocycles. The SMILES string of the molecule is Cc1ccc(N)c(C(=O)Nc2ccc(Br)cc2[N+](=O)[O-])c1. The molecule has 0 saturated carbocycles. The van der Waals surface area contributed by atoms with Gasteiger partial charge in [-0.05, 0) is 31.2 Å². The highest BCUT2D eigenvalue weighted by Crippen LogP contribution is 2.28. The molecule has 0 spiro atoms. The number of amides is 1. The predicted molar refractivity (Wildman–Crippen MR) is 84.3 cm³/mol. The Kier molecular flexibility index (Phi) is 4.23. The average Bonchev–Trinajstić information content (AvgIpc) is 2.43. The normalized spacial score (nSPS) is 10.2. The molecule has 0 aliphatic rings. The van der Waals surface area contributed by atoms with Gasteiger partial charge in [-0.3, -0.25) is 14.9 Å². The first kappa shape index (κ1) is 15.0. The van der Waals surface area contributed by atoms with Gasteiger partial charge in [-0.25, -0.2) is 0 Å². The highest BCUT2D eigenvalue weighted by molar-refractivity contribution is 9.10. The zero-order valence-electron chi connectivity index (χ0n) is 11.1. The van der Waals surface area contributed by atoms with Crippen LogP contribution in [0.2, 0.25) is 0 Å². The van der Waals surface area contributed by atoms with Crippen LogP contribution < -0.4 is 11.1 Å². The van der Waals surface area contributed by atoms with Crippen molar-refractivity contribution in [3.63, 3.8) is 0 Å². The Balaban J connectivity index is 2.36. The highest BCUT2D eigenvalue weighted by Gasteiger charge is 2.18. The third-order valence-corrected chi connectivity index (χ3v) is 3.35. The number of nitrogen functional groups attached to an aromatic ring is 1. The summed E-state index contributed by atoms with van der Waals surface area (Å²) in [5, 5.41) is 13.5. The minimum atomic E-state index is -0.556. The van der Waals surface area contributed by atoms with Crippen molar-refractivity contribution in [3.8, 4) is 0 Å². The van der Waals surface area contributed by atoms with Crippen LogP contribution in [0.4, 0.5) is 17.1 Å². The van der Waals surface area contributed by atoms with E-state index in [2.05, 4.69) is 21.2 Å². The Morgan fingerprint density at radius 2 is 2.00 bits per heavy atom. The molecule has 3 N–H and O–H groups in total. The van der Waals surface area contributed by atoms with Crippen molar-refractivity contribution >= 4 is 38.9 Å². The van der Waals surface area contributed by atoms with Gasteiger partial charge in [-0.15, -0.1) is 0 Å². The molecule has 0 aliphatic heterocycles. The standard InChI is InChI=1S/C14H12BrN3O3/c1-8-2-4-11(16)10(6-8)14(19)17-12-5-3-9(15)7-13(12)18(20)21/h2-7H,16H2,1H3,(H,17,19). The number of nitro benzene ring substituents is 1. The van der Waals surface area contributed by atoms with Gasteiger partial charge in [0.2, 0.25) is 0 Å². The number of carbonyl (C=O) groups excluding carboxylic acids is 1. The van der Waals surface area contributed by atoms with Crippen molar-refractivity contribution in [2.45, 2.75) is 6.92 Å². The molecule has 108 valence electrons. The third-order valence-electron chi connectivity index (χ3n) is 2.86. The predicted octanol–water partition coefficient (Wildman–Crippen LogP) is 3.50. The Bertz CT molecular complexity index is 731. The van der Waals surface area contributed by atoms with E-state index < -0.39 is 10.8 Å². The molecule has 7 heteroatoms. The molecule has 0 saturated heterocycles. The fourth-order valence-electron chi connectivity index (χ4n) is 1.82. The van der Waals surface area contributed by atoms with E-state index in [0.717, 1.165) is 5.56 Å². The summed E-state index contributed by atoms with van der Waals surface area (Å²) < 4.78 is 0.558. The number of hydrogen-bond donors (Lipinski definition) is 2. The van der Waals surface area contributed by atoms with Crippen molar-refractivity contribution in [2.24, 2.45) is 0 Å². The average molecular weight is 350 g/mol. The van der Waals surface area contributed by atoms with E-state index in [-0.39, 0.29) is 16.9 Å². The minimum Gasteiger partial charge on any atom is -0.398 e. The molecule has 2 rings (SSSR count). The van der Waals surface area contributed by atoms with Crippen LogP contribution in [-0.4, -0.2) is 10.8 Å². The molecule has 0 bridgehead atoms. The van der Waals surface area contributed by atoms with Gasteiger partial charge in [0.1, 0.15) is 5.69 Å². The molecule has 0 aromatic heterocycles. The maximum atomic E-state index is 12.2. The number of anilines is 2. The molecule has 6 nitrogen and oxygen atoms in total. The van der Waals surface area contributed by atoms with Crippen LogP contribution in [0.3, 0.4) is 0 Å². The van der Waals surface area contributed by atoms with Crippen LogP contribution in [0.5, 0.6) is 0 Å². The fraction of sp³-hybridized carbons (Fsp3) is 0.0714. The van der Waals surface area contributed by atoms with Crippen molar-refractivity contribution in [2.75, 3.05) is 11.1 Å². The van der Waals surface area contributed by atoms with Crippen LogP contribution in [0.1, 0.15) is 15.9 Å². The van der Waals surface area contributed by atoms with Crippen LogP contribution >= 0.6 is 15.9 Å². The number of halogens is 1. The molecule has 0 atom stereocenters. The number of nitrogens with one attached hydrogen (secondary N) is 1. The van der Waals surface area contributed by atoms with Crippen LogP contribution in [0.25, 0.3) is 0 Å². The summed E-state index contributed by atoms with van der Waals surface area (Å²) in [5.74, 6) is -0.485. The summed E-state index contributed by atoms with van der Waals surface area (Å²) >= 11 is 3.16. The number of hydrogen-bond acceptors (Lipinski definition) is 4. The topological polar surface area (TPSA) is 98.3 Å². The highest BCUT2D eigenvalue weighted by atomic mass is 79.9. The van der Waals surface area contributed by atoms with Gasteiger partial charge in [-0.2, -0.15) is 0 Å². The van der Waals surface area contributed by atoms with Crippen molar-refractivity contribution in [1.82, 2.24) is 0 Å². The van der Waals surface area contributed by atoms with Crippen LogP contribution in [-0.2, 0) is 0 Å². The van der Waals surface area contributed by atoms with E-state index in [1.165, 1.54) is 12.1 Å². The summed E-state index contributed by atoms with van der Waals surface area (Å²) in [5.41, 5.74) is 7.17. The van der Waals surface area contributed by atoms with Gasteiger partial charge in [0.05, 0.1) is 10.5 Å². The van der Waals surface area contributed by atoms with Crippen molar-refractivity contribution < 1.29 is 9.72 Å². The molecule has 0 unspecified atom stereocenters. The van der Waals surface area contributed by atoms with Gasteiger partial charge in [-0.1, -0.05) is 27.6 Å². The molecule has 0 radical (unpaired) electrons. The lowest BCUT2D eigenvalue weighted by Crippen LogP contribution is -2.15. The molecule has 21 heavy (non-hydrogen) atoms. The lowest BCUT2D eigenvalue weighted by Gasteiger charge is -2.09. The van der Waals surface area contributed by atoms with Crippen molar-refractivity contribution in [3.05, 3.63) is 62.1 Å². The number of rotatable bonds is 3. The number of nitro groups is 1. The van der Waals surface area contributed by atoms with Gasteiger partial charge in [0.25, 0.3) is 11.6 Å². The number of benzene rings is 2. The Labute approximate surface area is 129 Å². The van der Waals surface area contributed by atoms with Crippen LogP contribution in [0.15, 0.2) is 40.9 Å². The van der Waals surface area contributed by atoms with E-state index in [1.54, 1.807) is 24.3 Å². The van der Waals surface area contributed by atoms with Crippen LogP contribution in [0, 0.1) is 17.0 Å². The molecular formula is C14H12BrN3O3. The van der Waals surface area contributed by atoms with E-state index in [0.29, 0.717) is 10.2 Å². The third kappa shape index (κ3) is 3.38. The molecule has 2 aromatic rings. The molecule has 1 amide bonds. The van der Waals surface area contributed by atoms with E-state index in [1.807, 2.05) is 6.92 Å². The summed E-state index contributed by atoms with van der Waals surface area (Å²) in [6.45, 7) is 1.83. The second-order valence-corrected chi connectivity index (χ2v) is 5.38. The minimum absolute atomic E-state index is 0.120. The number of nitrogens with two attached hydrogens (primary N) is 1. The first-order valence-corrected chi connectivity index (χ1v) is 6.79. The maximum absolute atomic E-state index is 12.2. The van der Waals surface area contributed by atoms with Gasteiger partial charge < -0.3 is 11.1 Å². The second-order valence-electron chi connectivity index (χ2n) is 4.46. The van der Waals surface area contributed by atoms with E-state index >= 15 is 0 Å². The largest absolute Gasteiger partial charge is 0.398 e. The van der Waals surface area contributed by atoms with Gasteiger partial charge in [0.15, 0.2) is 0 Å². The number of aryl methyl sites for hydroxylation is 1. The maximum Gasteiger partial charge on any atom is 0.293 e. The van der Waals surface area contributed by atoms with E-state index in [4.69, 9.17) is 5.73 Å². The first-order chi connectivity index (χ1) is 9.88. The fourth-order valence-corrected chi connectivity index (χ4v) is 2.17. The zero-order valence-corrected chi connectivity index (χ0v) is 12.7. The Hall–Kier alpha value is -2.41. The molecular weight excluding hydrogens is 338 g/mol. The molecule has 0 heterocycles. The lowest BCUT2D eigenvalue weighted by molar-refractivity contribution is -0.384. The van der Waals surface area contributed by atoms with E-state index in [9.17, 15) is 14.9 Å². The Morgan fingerprint density at radius 3 is 2.67 bits per heavy atom. The van der Waals surface area contributed by atoms with Crippen molar-refractivity contribution in [1.29, 1.82) is 0 Å². The number of nitrogens with zero attached hydrogens (tertiary/aromatic N) is 1. The summed E-state index contributed by atoms with van der Waals surface area (Å²) in [6, 6.07) is 9.45. The smallest absolute Gasteiger partial charge is 0.293 e. The second kappa shape index (κ2) is 5.92. The summed E-state index contributed by atoms with van der Waals surface area (Å²) in [6.07, 6.45) is 0. The first-order valence-electron chi connectivity index (χ1n) is 6.00. The lowest BCUT2D eigenvalue weighted by atomic mass is 10.1. The molecule has 0 fully saturated rings. The zero-order chi connectivity index (χ0) is 15.6. The van der Waals surface area contributed by atoms with Gasteiger partial charge in [0, 0.05) is 16.2 Å². The molecule has 2 aromatic carbocycles. The quantitative estimate of drug-likeness (QED) is 0.503. The van der Waals surface area contributed by atoms with Gasteiger partial charge >= 0.3 is 0 Å². The monoisotopic (exact) mass is 349 g/mol. The Morgan fingerprint density at radius 1 is 1.29 bits per heavy atom.